The highest BCUT2D eigenvalue weighted by atomic mass is 32.2. The van der Waals surface area contributed by atoms with Gasteiger partial charge in [-0.05, 0) is 53.0 Å². The highest BCUT2D eigenvalue weighted by molar-refractivity contribution is 7.84. The summed E-state index contributed by atoms with van der Waals surface area (Å²) < 4.78 is 31.0. The van der Waals surface area contributed by atoms with E-state index in [1.54, 1.807) is 20.8 Å². The van der Waals surface area contributed by atoms with Crippen molar-refractivity contribution >= 4 is 23.1 Å². The first kappa shape index (κ1) is 26.1. The van der Waals surface area contributed by atoms with E-state index >= 15 is 0 Å². The molecule has 0 aliphatic carbocycles. The van der Waals surface area contributed by atoms with Crippen molar-refractivity contribution in [2.24, 2.45) is 5.92 Å². The molecule has 0 heterocycles. The average Bonchev–Trinajstić information content (AvgIpc) is 2.60. The first-order chi connectivity index (χ1) is 13.7. The van der Waals surface area contributed by atoms with Crippen LogP contribution in [0.4, 0.5) is 4.79 Å². The largest absolute Gasteiger partial charge is 0.509 e. The van der Waals surface area contributed by atoms with Crippen LogP contribution in [0.2, 0.25) is 0 Å². The predicted octanol–water partition coefficient (Wildman–Crippen LogP) is 4.13. The van der Waals surface area contributed by atoms with Gasteiger partial charge in [-0.1, -0.05) is 44.2 Å². The highest BCUT2D eigenvalue weighted by Crippen LogP contribution is 2.19. The van der Waals surface area contributed by atoms with Crippen LogP contribution >= 0.6 is 0 Å². The molecule has 1 rings (SSSR count). The molecule has 8 heteroatoms. The van der Waals surface area contributed by atoms with Gasteiger partial charge in [0.15, 0.2) is 0 Å². The van der Waals surface area contributed by atoms with E-state index in [-0.39, 0.29) is 12.5 Å². The Morgan fingerprint density at radius 3 is 2.07 bits per heavy atom. The number of rotatable bonds is 8. The molecule has 0 amide bonds. The van der Waals surface area contributed by atoms with Crippen LogP contribution in [0, 0.1) is 5.92 Å². The second kappa shape index (κ2) is 10.9. The fourth-order valence-electron chi connectivity index (χ4n) is 2.30. The number of esters is 1. The van der Waals surface area contributed by atoms with Crippen molar-refractivity contribution in [1.82, 2.24) is 4.72 Å². The molecule has 3 atom stereocenters. The van der Waals surface area contributed by atoms with E-state index in [0.717, 1.165) is 5.56 Å². The normalized spacial score (nSPS) is 15.2. The van der Waals surface area contributed by atoms with Gasteiger partial charge in [0.2, 0.25) is 6.10 Å². The minimum absolute atomic E-state index is 0.0288. The van der Waals surface area contributed by atoms with Gasteiger partial charge < -0.3 is 14.2 Å². The Labute approximate surface area is 182 Å². The van der Waals surface area contributed by atoms with Crippen LogP contribution < -0.4 is 4.72 Å². The van der Waals surface area contributed by atoms with Crippen molar-refractivity contribution < 1.29 is 28.0 Å². The summed E-state index contributed by atoms with van der Waals surface area (Å²) in [6, 6.07) is 8.44. The number of ether oxygens (including phenoxy) is 3. The van der Waals surface area contributed by atoms with Crippen LogP contribution in [0.5, 0.6) is 0 Å². The zero-order valence-electron chi connectivity index (χ0n) is 19.2. The molecule has 170 valence electrons. The fourth-order valence-corrected chi connectivity index (χ4v) is 3.30. The Morgan fingerprint density at radius 2 is 1.60 bits per heavy atom. The molecule has 0 radical (unpaired) electrons. The van der Waals surface area contributed by atoms with E-state index in [1.165, 1.54) is 0 Å². The van der Waals surface area contributed by atoms with Gasteiger partial charge in [0, 0.05) is 0 Å². The van der Waals surface area contributed by atoms with E-state index in [4.69, 9.17) is 14.2 Å². The number of nitrogens with one attached hydrogen (secondary N) is 1. The van der Waals surface area contributed by atoms with Gasteiger partial charge in [0.1, 0.15) is 12.2 Å². The molecule has 30 heavy (non-hydrogen) atoms. The minimum Gasteiger partial charge on any atom is -0.458 e. The number of carbonyl (C=O) groups is 2. The van der Waals surface area contributed by atoms with Gasteiger partial charge in [-0.15, -0.1) is 0 Å². The first-order valence-corrected chi connectivity index (χ1v) is 11.1. The maximum absolute atomic E-state index is 12.9. The third kappa shape index (κ3) is 9.26. The molecule has 1 unspecified atom stereocenters. The topological polar surface area (TPSA) is 90.9 Å². The number of hydrogen-bond donors (Lipinski definition) is 1. The van der Waals surface area contributed by atoms with Gasteiger partial charge in [0.25, 0.3) is 0 Å². The van der Waals surface area contributed by atoms with Crippen molar-refractivity contribution in [3.8, 4) is 0 Å². The molecule has 1 N–H and O–H groups in total. The third-order valence-electron chi connectivity index (χ3n) is 3.91. The maximum atomic E-state index is 12.9. The highest BCUT2D eigenvalue weighted by Gasteiger charge is 2.39. The summed E-state index contributed by atoms with van der Waals surface area (Å²) in [6.07, 6.45) is -2.31. The van der Waals surface area contributed by atoms with Crippen LogP contribution in [-0.4, -0.2) is 38.8 Å². The van der Waals surface area contributed by atoms with E-state index in [1.807, 2.05) is 65.0 Å². The molecular formula is C22H35NO6S. The minimum atomic E-state index is -1.49. The molecule has 0 fully saturated rings. The quantitative estimate of drug-likeness (QED) is 0.610. The van der Waals surface area contributed by atoms with E-state index < -0.39 is 45.6 Å². The van der Waals surface area contributed by atoms with Gasteiger partial charge in [-0.2, -0.15) is 0 Å². The molecule has 0 saturated carbocycles. The molecule has 0 saturated heterocycles. The number of benzene rings is 1. The lowest BCUT2D eigenvalue weighted by atomic mass is 9.99. The standard InChI is InChI=1S/C22H35NO6S/c1-15(2)17(23-30(26)22(6,7)8)18(28-20(25)29-21(3,4)5)19(24)27-14-16-12-10-9-11-13-16/h9-13,15,17-18,23H,14H2,1-8H3/t17-,18+,30?/m0/s1. The lowest BCUT2D eigenvalue weighted by Gasteiger charge is -2.31. The fraction of sp³-hybridized carbons (Fsp3) is 0.636. The molecule has 0 bridgehead atoms. The van der Waals surface area contributed by atoms with Gasteiger partial charge >= 0.3 is 12.1 Å². The van der Waals surface area contributed by atoms with Crippen LogP contribution in [0.15, 0.2) is 30.3 Å². The van der Waals surface area contributed by atoms with E-state index in [9.17, 15) is 13.8 Å². The lowest BCUT2D eigenvalue weighted by Crippen LogP contribution is -2.53. The summed E-state index contributed by atoms with van der Waals surface area (Å²) in [5, 5.41) is 0. The summed E-state index contributed by atoms with van der Waals surface area (Å²) in [5.74, 6) is -0.921. The van der Waals surface area contributed by atoms with Gasteiger partial charge in [0.05, 0.1) is 21.8 Å². The van der Waals surface area contributed by atoms with Crippen LogP contribution in [0.25, 0.3) is 0 Å². The van der Waals surface area contributed by atoms with Crippen molar-refractivity contribution in [3.05, 3.63) is 35.9 Å². The molecule has 1 aromatic rings. The van der Waals surface area contributed by atoms with E-state index in [2.05, 4.69) is 4.72 Å². The molecule has 0 spiro atoms. The molecule has 0 aromatic heterocycles. The zero-order valence-corrected chi connectivity index (χ0v) is 20.0. The van der Waals surface area contributed by atoms with Crippen LogP contribution in [0.1, 0.15) is 61.0 Å². The summed E-state index contributed by atoms with van der Waals surface area (Å²) in [7, 11) is -1.49. The van der Waals surface area contributed by atoms with Crippen molar-refractivity contribution in [2.75, 3.05) is 0 Å². The second-order valence-electron chi connectivity index (χ2n) is 9.36. The van der Waals surface area contributed by atoms with Crippen LogP contribution in [0.3, 0.4) is 0 Å². The van der Waals surface area contributed by atoms with Crippen molar-refractivity contribution in [3.63, 3.8) is 0 Å². The number of hydrogen-bond acceptors (Lipinski definition) is 6. The Morgan fingerprint density at radius 1 is 1.03 bits per heavy atom. The summed E-state index contributed by atoms with van der Waals surface area (Å²) in [5.41, 5.74) is 0.0130. The number of carbonyl (C=O) groups excluding carboxylic acids is 2. The van der Waals surface area contributed by atoms with E-state index in [0.29, 0.717) is 0 Å². The first-order valence-electron chi connectivity index (χ1n) is 9.99. The summed E-state index contributed by atoms with van der Waals surface area (Å²) in [6.45, 7) is 14.2. The lowest BCUT2D eigenvalue weighted by molar-refractivity contribution is -0.159. The Bertz CT molecular complexity index is 721. The maximum Gasteiger partial charge on any atom is 0.509 e. The SMILES string of the molecule is CC(C)[C@H](NS(=O)C(C)(C)C)[C@@H](OC(=O)OC(C)(C)C)C(=O)OCc1ccccc1. The third-order valence-corrected chi connectivity index (χ3v) is 5.51. The smallest absolute Gasteiger partial charge is 0.458 e. The van der Waals surface area contributed by atoms with Crippen molar-refractivity contribution in [1.29, 1.82) is 0 Å². The molecular weight excluding hydrogens is 406 g/mol. The van der Waals surface area contributed by atoms with Gasteiger partial charge in [-0.3, -0.25) is 0 Å². The zero-order chi connectivity index (χ0) is 23.1. The van der Waals surface area contributed by atoms with Crippen molar-refractivity contribution in [2.45, 2.75) is 84.5 Å². The second-order valence-corrected chi connectivity index (χ2v) is 11.4. The Hall–Kier alpha value is -1.93. The Balaban J connectivity index is 3.07. The van der Waals surface area contributed by atoms with Gasteiger partial charge in [-0.25, -0.2) is 18.5 Å². The summed E-state index contributed by atoms with van der Waals surface area (Å²) >= 11 is 0. The molecule has 1 aromatic carbocycles. The monoisotopic (exact) mass is 441 g/mol. The van der Waals surface area contributed by atoms with Crippen LogP contribution in [-0.2, 0) is 36.6 Å². The Kier molecular flexibility index (Phi) is 9.49. The summed E-state index contributed by atoms with van der Waals surface area (Å²) in [4.78, 5) is 25.2. The average molecular weight is 442 g/mol. The molecule has 7 nitrogen and oxygen atoms in total. The predicted molar refractivity (Wildman–Crippen MR) is 117 cm³/mol. The molecule has 0 aliphatic rings. The molecule has 0 aliphatic heterocycles.